The van der Waals surface area contributed by atoms with E-state index in [0.29, 0.717) is 26.3 Å². The maximum atomic E-state index is 6.24. The molecule has 0 radical (unpaired) electrons. The van der Waals surface area contributed by atoms with Gasteiger partial charge < -0.3 is 24.1 Å². The van der Waals surface area contributed by atoms with Gasteiger partial charge >= 0.3 is 0 Å². The number of fused-ring (bicyclic) bond motifs is 1. The van der Waals surface area contributed by atoms with Crippen molar-refractivity contribution in [3.8, 4) is 5.75 Å². The van der Waals surface area contributed by atoms with Gasteiger partial charge in [-0.2, -0.15) is 0 Å². The maximum absolute atomic E-state index is 6.24. The van der Waals surface area contributed by atoms with Gasteiger partial charge in [-0.1, -0.05) is 36.4 Å². The molecule has 3 heterocycles. The molecular weight excluding hydrogens is 452 g/mol. The van der Waals surface area contributed by atoms with E-state index in [1.54, 1.807) is 0 Å². The predicted octanol–water partition coefficient (Wildman–Crippen LogP) is 5.55. The number of ether oxygens (including phenoxy) is 3. The Morgan fingerprint density at radius 2 is 1.86 bits per heavy atom. The summed E-state index contributed by atoms with van der Waals surface area (Å²) >= 11 is 0. The molecule has 0 spiro atoms. The topological polar surface area (TPSA) is 70.4 Å². The average Bonchev–Trinajstić information content (AvgIpc) is 3.37. The first kappa shape index (κ1) is 24.3. The highest BCUT2D eigenvalue weighted by molar-refractivity contribution is 5.83. The van der Waals surface area contributed by atoms with Crippen molar-refractivity contribution in [1.29, 1.82) is 0 Å². The Balaban J connectivity index is 1.46. The zero-order valence-electron chi connectivity index (χ0n) is 21.7. The van der Waals surface area contributed by atoms with E-state index in [-0.39, 0.29) is 6.10 Å². The van der Waals surface area contributed by atoms with E-state index >= 15 is 0 Å². The van der Waals surface area contributed by atoms with E-state index in [0.717, 1.165) is 45.2 Å². The van der Waals surface area contributed by atoms with Crippen LogP contribution in [0.25, 0.3) is 11.0 Å². The number of aryl methyl sites for hydroxylation is 3. The van der Waals surface area contributed by atoms with Gasteiger partial charge in [-0.05, 0) is 69.5 Å². The average molecular weight is 487 g/mol. The van der Waals surface area contributed by atoms with Crippen LogP contribution in [0, 0.1) is 20.8 Å². The predicted molar refractivity (Wildman–Crippen MR) is 141 cm³/mol. The van der Waals surface area contributed by atoms with E-state index in [1.807, 2.05) is 51.1 Å². The van der Waals surface area contributed by atoms with Gasteiger partial charge in [-0.3, -0.25) is 4.98 Å². The number of hydrogen-bond acceptors (Lipinski definition) is 6. The molecule has 1 aliphatic heterocycles. The molecule has 1 saturated heterocycles. The monoisotopic (exact) mass is 486 g/mol. The highest BCUT2D eigenvalue weighted by Gasteiger charge is 2.32. The molecule has 2 aromatic carbocycles. The number of nitrogens with one attached hydrogen (secondary N) is 1. The molecule has 1 unspecified atom stereocenters. The fourth-order valence-electron chi connectivity index (χ4n) is 4.66. The smallest absolute Gasteiger partial charge is 0.204 e. The molecule has 1 atom stereocenters. The number of pyridine rings is 1. The second-order valence-corrected chi connectivity index (χ2v) is 9.97. The molecule has 36 heavy (non-hydrogen) atoms. The van der Waals surface area contributed by atoms with Gasteiger partial charge in [0.2, 0.25) is 5.95 Å². The zero-order valence-corrected chi connectivity index (χ0v) is 21.7. The second-order valence-electron chi connectivity index (χ2n) is 9.97. The molecule has 1 fully saturated rings. The van der Waals surface area contributed by atoms with Crippen LogP contribution in [-0.4, -0.2) is 39.6 Å². The number of rotatable bonds is 8. The van der Waals surface area contributed by atoms with Crippen LogP contribution in [0.5, 0.6) is 5.75 Å². The van der Waals surface area contributed by atoms with Crippen LogP contribution in [0.4, 0.5) is 5.95 Å². The summed E-state index contributed by atoms with van der Waals surface area (Å²) in [4.78, 5) is 9.84. The molecule has 1 aliphatic rings. The highest BCUT2D eigenvalue weighted by atomic mass is 16.7. The first-order valence-corrected chi connectivity index (χ1v) is 12.4. The molecular formula is C29H34N4O3. The number of aromatic nitrogens is 3. The minimum atomic E-state index is -0.559. The molecule has 5 rings (SSSR count). The summed E-state index contributed by atoms with van der Waals surface area (Å²) < 4.78 is 20.2. The van der Waals surface area contributed by atoms with Crippen molar-refractivity contribution in [2.24, 2.45) is 0 Å². The Morgan fingerprint density at radius 1 is 1.06 bits per heavy atom. The third kappa shape index (κ3) is 5.37. The molecule has 7 heteroatoms. The number of anilines is 1. The lowest BCUT2D eigenvalue weighted by atomic mass is 10.1. The molecule has 0 aliphatic carbocycles. The Labute approximate surface area is 212 Å². The minimum absolute atomic E-state index is 0.0436. The van der Waals surface area contributed by atoms with Gasteiger partial charge in [0.1, 0.15) is 24.2 Å². The van der Waals surface area contributed by atoms with Crippen molar-refractivity contribution in [3.05, 3.63) is 82.7 Å². The summed E-state index contributed by atoms with van der Waals surface area (Å²) in [6, 6.07) is 18.5. The molecule has 0 bridgehead atoms. The third-order valence-corrected chi connectivity index (χ3v) is 6.36. The number of nitrogens with zero attached hydrogens (tertiary/aromatic N) is 3. The SMILES string of the molecule is Cc1cc(C)c2nc(NCC3COC(C)(C)O3)n(Cc3nc(C)ccc3OCc3ccccc3)c2c1. The van der Waals surface area contributed by atoms with E-state index in [2.05, 4.69) is 48.0 Å². The zero-order chi connectivity index (χ0) is 25.3. The lowest BCUT2D eigenvalue weighted by Gasteiger charge is -2.18. The fourth-order valence-corrected chi connectivity index (χ4v) is 4.66. The standard InChI is InChI=1S/C29H34N4O3/c1-19-13-20(2)27-25(14-19)33(28(32-27)30-15-23-18-35-29(4,5)36-23)16-24-26(12-11-21(3)31-24)34-17-22-9-7-6-8-10-22/h6-14,23H,15-18H2,1-5H3,(H,30,32). The Morgan fingerprint density at radius 3 is 2.61 bits per heavy atom. The molecule has 4 aromatic rings. The molecule has 188 valence electrons. The van der Waals surface area contributed by atoms with Crippen molar-refractivity contribution in [1.82, 2.24) is 14.5 Å². The van der Waals surface area contributed by atoms with Crippen molar-refractivity contribution < 1.29 is 14.2 Å². The number of imidazole rings is 1. The summed E-state index contributed by atoms with van der Waals surface area (Å²) in [6.45, 7) is 12.3. The van der Waals surface area contributed by atoms with E-state index in [1.165, 1.54) is 5.56 Å². The summed E-state index contributed by atoms with van der Waals surface area (Å²) in [5, 5.41) is 3.52. The van der Waals surface area contributed by atoms with Crippen molar-refractivity contribution in [2.75, 3.05) is 18.5 Å². The first-order chi connectivity index (χ1) is 17.3. The second kappa shape index (κ2) is 9.91. The number of benzene rings is 2. The molecule has 0 saturated carbocycles. The van der Waals surface area contributed by atoms with E-state index in [4.69, 9.17) is 24.2 Å². The van der Waals surface area contributed by atoms with Crippen LogP contribution in [0.1, 0.15) is 41.9 Å². The normalized spacial score (nSPS) is 17.0. The van der Waals surface area contributed by atoms with Gasteiger partial charge in [-0.15, -0.1) is 0 Å². The van der Waals surface area contributed by atoms with Crippen LogP contribution < -0.4 is 10.1 Å². The molecule has 1 N–H and O–H groups in total. The van der Waals surface area contributed by atoms with Crippen molar-refractivity contribution in [3.63, 3.8) is 0 Å². The molecule has 2 aromatic heterocycles. The quantitative estimate of drug-likeness (QED) is 0.352. The summed E-state index contributed by atoms with van der Waals surface area (Å²) in [5.74, 6) is 0.997. The summed E-state index contributed by atoms with van der Waals surface area (Å²) in [6.07, 6.45) is -0.0436. The van der Waals surface area contributed by atoms with E-state index in [9.17, 15) is 0 Å². The molecule has 0 amide bonds. The Kier molecular flexibility index (Phi) is 6.69. The van der Waals surface area contributed by atoms with Gasteiger partial charge in [0.15, 0.2) is 5.79 Å². The maximum Gasteiger partial charge on any atom is 0.204 e. The Hall–Kier alpha value is -3.42. The van der Waals surface area contributed by atoms with Crippen molar-refractivity contribution >= 4 is 17.0 Å². The number of hydrogen-bond donors (Lipinski definition) is 1. The van der Waals surface area contributed by atoms with Crippen molar-refractivity contribution in [2.45, 2.75) is 59.7 Å². The van der Waals surface area contributed by atoms with Crippen LogP contribution in [0.3, 0.4) is 0 Å². The van der Waals surface area contributed by atoms with E-state index < -0.39 is 5.79 Å². The summed E-state index contributed by atoms with van der Waals surface area (Å²) in [5.41, 5.74) is 7.32. The third-order valence-electron chi connectivity index (χ3n) is 6.36. The highest BCUT2D eigenvalue weighted by Crippen LogP contribution is 2.29. The lowest BCUT2D eigenvalue weighted by molar-refractivity contribution is -0.136. The van der Waals surface area contributed by atoms with Crippen LogP contribution >= 0.6 is 0 Å². The van der Waals surface area contributed by atoms with Gasteiger partial charge in [-0.25, -0.2) is 4.98 Å². The lowest BCUT2D eigenvalue weighted by Crippen LogP contribution is -2.27. The van der Waals surface area contributed by atoms with Gasteiger partial charge in [0.25, 0.3) is 0 Å². The summed E-state index contributed by atoms with van der Waals surface area (Å²) in [7, 11) is 0. The first-order valence-electron chi connectivity index (χ1n) is 12.4. The minimum Gasteiger partial charge on any atom is -0.487 e. The van der Waals surface area contributed by atoms with Crippen LogP contribution in [0.2, 0.25) is 0 Å². The van der Waals surface area contributed by atoms with Crippen LogP contribution in [0.15, 0.2) is 54.6 Å². The largest absolute Gasteiger partial charge is 0.487 e. The van der Waals surface area contributed by atoms with Gasteiger partial charge in [0, 0.05) is 12.2 Å². The Bertz CT molecular complexity index is 1360. The van der Waals surface area contributed by atoms with Crippen LogP contribution in [-0.2, 0) is 22.6 Å². The molecule has 7 nitrogen and oxygen atoms in total. The fraction of sp³-hybridized carbons (Fsp3) is 0.379. The van der Waals surface area contributed by atoms with Gasteiger partial charge in [0.05, 0.1) is 24.2 Å².